The fourth-order valence-electron chi connectivity index (χ4n) is 10.1. The van der Waals surface area contributed by atoms with Gasteiger partial charge in [0.05, 0.1) is 27.7 Å². The summed E-state index contributed by atoms with van der Waals surface area (Å²) in [7, 11) is 1.48. The van der Waals surface area contributed by atoms with Crippen LogP contribution in [0.3, 0.4) is 0 Å². The number of allylic oxidation sites excluding steroid dienone is 22. The van der Waals surface area contributed by atoms with Crippen molar-refractivity contribution in [2.75, 3.05) is 47.5 Å². The van der Waals surface area contributed by atoms with E-state index in [4.69, 9.17) is 18.5 Å². The summed E-state index contributed by atoms with van der Waals surface area (Å²) >= 11 is 0. The smallest absolute Gasteiger partial charge is 0.462 e. The van der Waals surface area contributed by atoms with Crippen molar-refractivity contribution in [3.05, 3.63) is 134 Å². The summed E-state index contributed by atoms with van der Waals surface area (Å²) in [6.45, 7) is 4.23. The lowest BCUT2D eigenvalue weighted by atomic mass is 10.0. The molecule has 0 fully saturated rings. The first-order valence-electron chi connectivity index (χ1n) is 36.9. The largest absolute Gasteiger partial charge is 0.472 e. The molecule has 2 unspecified atom stereocenters. The van der Waals surface area contributed by atoms with Crippen LogP contribution in [0.25, 0.3) is 0 Å². The van der Waals surface area contributed by atoms with Crippen LogP contribution in [0.4, 0.5) is 0 Å². The fraction of sp³-hybridized carbons (Fsp3) is 0.700. The Labute approximate surface area is 555 Å². The minimum absolute atomic E-state index is 0.0281. The Hall–Kier alpha value is -3.85. The summed E-state index contributed by atoms with van der Waals surface area (Å²) < 4.78 is 34.8. The van der Waals surface area contributed by atoms with E-state index in [0.29, 0.717) is 17.4 Å². The zero-order valence-corrected chi connectivity index (χ0v) is 59.7. The van der Waals surface area contributed by atoms with Gasteiger partial charge in [-0.05, 0) is 109 Å². The predicted octanol–water partition coefficient (Wildman–Crippen LogP) is 24.4. The van der Waals surface area contributed by atoms with Crippen LogP contribution < -0.4 is 0 Å². The van der Waals surface area contributed by atoms with E-state index in [0.717, 1.165) is 109 Å². The number of carbonyl (C=O) groups is 2. The molecule has 0 bridgehead atoms. The van der Waals surface area contributed by atoms with E-state index < -0.39 is 26.5 Å². The molecule has 0 rings (SSSR count). The van der Waals surface area contributed by atoms with E-state index >= 15 is 0 Å². The number of hydrogen-bond donors (Lipinski definition) is 1. The SMILES string of the molecule is CC/C=C\C/C=C\C/C=C\C/C=C\C/C=C\C/C=C\C/C=C\CCCCCCCCCCCCCCCCCCCC(=O)OC(COC(=O)CCCCCCCCCCCCCCCC/C=C\C/C=C\C/C=C\C/C=C\CC)COP(=O)(O)OCC[N+](C)(C)C. The number of unbranched alkanes of at least 4 members (excludes halogenated alkanes) is 31. The Morgan fingerprint density at radius 1 is 0.344 bits per heavy atom. The van der Waals surface area contributed by atoms with Crippen molar-refractivity contribution in [2.45, 2.75) is 315 Å². The molecule has 0 radical (unpaired) electrons. The molecule has 10 heteroatoms. The first-order chi connectivity index (χ1) is 44.0. The highest BCUT2D eigenvalue weighted by molar-refractivity contribution is 7.47. The van der Waals surface area contributed by atoms with E-state index in [1.165, 1.54) is 167 Å². The van der Waals surface area contributed by atoms with Gasteiger partial charge in [0, 0.05) is 12.8 Å². The molecule has 1 N–H and O–H groups in total. The summed E-state index contributed by atoms with van der Waals surface area (Å²) in [6.07, 6.45) is 101. The number of hydrogen-bond acceptors (Lipinski definition) is 7. The van der Waals surface area contributed by atoms with Crippen LogP contribution in [0, 0.1) is 0 Å². The van der Waals surface area contributed by atoms with Crippen LogP contribution in [-0.4, -0.2) is 74.9 Å². The molecule has 90 heavy (non-hydrogen) atoms. The average molecular weight is 1270 g/mol. The molecule has 516 valence electrons. The molecule has 0 aromatic heterocycles. The van der Waals surface area contributed by atoms with Crippen LogP contribution in [0.5, 0.6) is 0 Å². The van der Waals surface area contributed by atoms with Gasteiger partial charge < -0.3 is 18.9 Å². The van der Waals surface area contributed by atoms with Gasteiger partial charge in [-0.2, -0.15) is 0 Å². The monoisotopic (exact) mass is 1270 g/mol. The Morgan fingerprint density at radius 2 is 0.600 bits per heavy atom. The summed E-state index contributed by atoms with van der Waals surface area (Å²) in [4.78, 5) is 35.9. The van der Waals surface area contributed by atoms with Crippen molar-refractivity contribution in [3.8, 4) is 0 Å². The van der Waals surface area contributed by atoms with E-state index in [-0.39, 0.29) is 32.0 Å². The lowest BCUT2D eigenvalue weighted by molar-refractivity contribution is -0.870. The van der Waals surface area contributed by atoms with Crippen LogP contribution in [0.2, 0.25) is 0 Å². The standard InChI is InChI=1S/C80H138NO8P/c1-6-8-10-12-14-16-18-20-22-24-26-28-30-32-34-35-36-37-38-39-40-41-42-43-44-45-47-49-51-53-55-57-59-61-63-65-67-69-71-73-80(83)89-78(77-88-90(84,85)87-75-74-81(3,4)5)76-86-79(82)72-70-68-66-64-62-60-58-56-54-52-50-48-46-33-31-29-27-25-23-21-19-17-15-13-11-9-7-2/h8-11,14-17,20-23,26-29,32,34,36-37,39-40,78H,6-7,12-13,18-19,24-25,30-31,33,35,38,41-77H2,1-5H3/p+1/b10-8-,11-9-,16-14-,17-15-,22-20-,23-21-,28-26-,29-27-,34-32-,37-36-,40-39-. The number of nitrogens with zero attached hydrogens (tertiary/aromatic N) is 1. The lowest BCUT2D eigenvalue weighted by Gasteiger charge is -2.24. The molecular formula is C80H139NO8P+. The Bertz CT molecular complexity index is 1980. The maximum atomic E-state index is 12.9. The topological polar surface area (TPSA) is 108 Å². The molecule has 0 saturated heterocycles. The summed E-state index contributed by atoms with van der Waals surface area (Å²) in [5.41, 5.74) is 0. The van der Waals surface area contributed by atoms with Gasteiger partial charge in [-0.25, -0.2) is 4.57 Å². The third-order valence-corrected chi connectivity index (χ3v) is 16.7. The maximum absolute atomic E-state index is 12.9. The molecule has 0 amide bonds. The number of phosphoric acid groups is 1. The number of quaternary nitrogens is 1. The van der Waals surface area contributed by atoms with Gasteiger partial charge >= 0.3 is 19.8 Å². The van der Waals surface area contributed by atoms with Crippen LogP contribution in [0.1, 0.15) is 309 Å². The number of rotatable bonds is 67. The Balaban J connectivity index is 4.01. The van der Waals surface area contributed by atoms with Crippen molar-refractivity contribution in [3.63, 3.8) is 0 Å². The van der Waals surface area contributed by atoms with Gasteiger partial charge in [-0.15, -0.1) is 0 Å². The van der Waals surface area contributed by atoms with Crippen molar-refractivity contribution in [1.82, 2.24) is 0 Å². The van der Waals surface area contributed by atoms with Gasteiger partial charge in [-0.1, -0.05) is 321 Å². The van der Waals surface area contributed by atoms with E-state index in [2.05, 4.69) is 148 Å². The Kier molecular flexibility index (Phi) is 66.5. The predicted molar refractivity (Wildman–Crippen MR) is 390 cm³/mol. The van der Waals surface area contributed by atoms with Gasteiger partial charge in [0.25, 0.3) is 0 Å². The lowest BCUT2D eigenvalue weighted by Crippen LogP contribution is -2.37. The van der Waals surface area contributed by atoms with Gasteiger partial charge in [0.1, 0.15) is 19.8 Å². The van der Waals surface area contributed by atoms with Gasteiger partial charge in [0.15, 0.2) is 6.10 Å². The van der Waals surface area contributed by atoms with Crippen molar-refractivity contribution < 1.29 is 42.1 Å². The maximum Gasteiger partial charge on any atom is 0.472 e. The molecule has 9 nitrogen and oxygen atoms in total. The quantitative estimate of drug-likeness (QED) is 0.0211. The van der Waals surface area contributed by atoms with E-state index in [1.807, 2.05) is 21.1 Å². The summed E-state index contributed by atoms with van der Waals surface area (Å²) in [5, 5.41) is 0. The second-order valence-electron chi connectivity index (χ2n) is 25.6. The normalized spacial score (nSPS) is 13.9. The highest BCUT2D eigenvalue weighted by atomic mass is 31.2. The molecule has 0 heterocycles. The molecule has 0 saturated carbocycles. The molecule has 0 aliphatic rings. The minimum Gasteiger partial charge on any atom is -0.462 e. The fourth-order valence-corrected chi connectivity index (χ4v) is 10.8. The molecular weight excluding hydrogens is 1130 g/mol. The van der Waals surface area contributed by atoms with Crippen molar-refractivity contribution >= 4 is 19.8 Å². The molecule has 2 atom stereocenters. The summed E-state index contributed by atoms with van der Waals surface area (Å²) in [6, 6.07) is 0. The third-order valence-electron chi connectivity index (χ3n) is 15.7. The van der Waals surface area contributed by atoms with Crippen LogP contribution >= 0.6 is 7.82 Å². The molecule has 0 aromatic carbocycles. The molecule has 0 aliphatic heterocycles. The van der Waals surface area contributed by atoms with E-state index in [1.54, 1.807) is 0 Å². The van der Waals surface area contributed by atoms with Crippen LogP contribution in [0.15, 0.2) is 134 Å². The van der Waals surface area contributed by atoms with Crippen molar-refractivity contribution in [1.29, 1.82) is 0 Å². The van der Waals surface area contributed by atoms with E-state index in [9.17, 15) is 19.0 Å². The highest BCUT2D eigenvalue weighted by Crippen LogP contribution is 2.43. The van der Waals surface area contributed by atoms with Gasteiger partial charge in [0.2, 0.25) is 0 Å². The number of ether oxygens (including phenoxy) is 2. The van der Waals surface area contributed by atoms with Gasteiger partial charge in [-0.3, -0.25) is 18.6 Å². The second kappa shape index (κ2) is 69.5. The van der Waals surface area contributed by atoms with Crippen molar-refractivity contribution in [2.24, 2.45) is 0 Å². The number of esters is 2. The number of phosphoric ester groups is 1. The average Bonchev–Trinajstić information content (AvgIpc) is 3.58. The third kappa shape index (κ3) is 73.2. The summed E-state index contributed by atoms with van der Waals surface area (Å²) in [5.74, 6) is -0.792. The minimum atomic E-state index is -4.40. The number of carbonyl (C=O) groups excluding carboxylic acids is 2. The zero-order chi connectivity index (χ0) is 65.5. The first-order valence-corrected chi connectivity index (χ1v) is 38.4. The first kappa shape index (κ1) is 86.2. The number of likely N-dealkylation sites (N-methyl/N-ethyl adjacent to an activating group) is 1. The zero-order valence-electron chi connectivity index (χ0n) is 58.8. The molecule has 0 spiro atoms. The van der Waals surface area contributed by atoms with Crippen LogP contribution in [-0.2, 0) is 32.7 Å². The second-order valence-corrected chi connectivity index (χ2v) is 27.0. The Morgan fingerprint density at radius 3 is 0.889 bits per heavy atom. The molecule has 0 aromatic rings. The highest BCUT2D eigenvalue weighted by Gasteiger charge is 2.27. The molecule has 0 aliphatic carbocycles.